The van der Waals surface area contributed by atoms with Crippen LogP contribution in [0.4, 0.5) is 11.4 Å². The number of anilines is 2. The van der Waals surface area contributed by atoms with E-state index in [9.17, 15) is 9.59 Å². The Morgan fingerprint density at radius 1 is 1.14 bits per heavy atom. The van der Waals surface area contributed by atoms with Gasteiger partial charge in [0.25, 0.3) is 5.91 Å². The third-order valence-corrected chi connectivity index (χ3v) is 5.63. The molecule has 1 fully saturated rings. The number of halogens is 1. The molecule has 5 nitrogen and oxygen atoms in total. The van der Waals surface area contributed by atoms with Gasteiger partial charge in [0.1, 0.15) is 0 Å². The highest BCUT2D eigenvalue weighted by molar-refractivity contribution is 9.10. The molecule has 2 amide bonds. The van der Waals surface area contributed by atoms with Crippen LogP contribution in [-0.4, -0.2) is 35.8 Å². The molecular weight excluding hydrogens is 418 g/mol. The number of piperidine rings is 1. The summed E-state index contributed by atoms with van der Waals surface area (Å²) in [5.74, 6) is -0.0288. The van der Waals surface area contributed by atoms with Crippen LogP contribution in [0.25, 0.3) is 0 Å². The van der Waals surface area contributed by atoms with Gasteiger partial charge in [0.05, 0.1) is 6.54 Å². The molecule has 6 heteroatoms. The molecule has 1 unspecified atom stereocenters. The smallest absolute Gasteiger partial charge is 0.254 e. The van der Waals surface area contributed by atoms with Gasteiger partial charge in [-0.1, -0.05) is 15.9 Å². The van der Waals surface area contributed by atoms with Crippen LogP contribution >= 0.6 is 15.9 Å². The average molecular weight is 444 g/mol. The molecule has 0 aliphatic carbocycles. The summed E-state index contributed by atoms with van der Waals surface area (Å²) in [6.45, 7) is 5.05. The second-order valence-electron chi connectivity index (χ2n) is 7.28. The number of carbonyl (C=O) groups excluding carboxylic acids is 2. The van der Waals surface area contributed by atoms with Gasteiger partial charge in [-0.15, -0.1) is 0 Å². The van der Waals surface area contributed by atoms with E-state index in [0.717, 1.165) is 40.8 Å². The first-order valence-electron chi connectivity index (χ1n) is 9.65. The fourth-order valence-electron chi connectivity index (χ4n) is 3.47. The summed E-state index contributed by atoms with van der Waals surface area (Å²) in [5, 5.41) is 6.01. The summed E-state index contributed by atoms with van der Waals surface area (Å²) in [6, 6.07) is 13.4. The number of carbonyl (C=O) groups is 2. The van der Waals surface area contributed by atoms with Gasteiger partial charge in [-0.05, 0) is 81.1 Å². The predicted octanol–water partition coefficient (Wildman–Crippen LogP) is 4.82. The highest BCUT2D eigenvalue weighted by Crippen LogP contribution is 2.22. The molecule has 28 heavy (non-hydrogen) atoms. The Balaban J connectivity index is 1.58. The molecule has 0 aromatic heterocycles. The molecule has 2 aromatic carbocycles. The summed E-state index contributed by atoms with van der Waals surface area (Å²) < 4.78 is 0.966. The number of nitrogens with one attached hydrogen (secondary N) is 2. The van der Waals surface area contributed by atoms with Crippen LogP contribution in [0.1, 0.15) is 42.1 Å². The van der Waals surface area contributed by atoms with Crippen molar-refractivity contribution >= 4 is 39.1 Å². The molecule has 1 saturated heterocycles. The lowest BCUT2D eigenvalue weighted by Gasteiger charge is -2.33. The van der Waals surface area contributed by atoms with E-state index >= 15 is 0 Å². The van der Waals surface area contributed by atoms with Gasteiger partial charge in [-0.3, -0.25) is 9.59 Å². The van der Waals surface area contributed by atoms with Gasteiger partial charge >= 0.3 is 0 Å². The van der Waals surface area contributed by atoms with Crippen molar-refractivity contribution in [3.05, 3.63) is 58.1 Å². The molecule has 2 aromatic rings. The average Bonchev–Trinajstić information content (AvgIpc) is 2.68. The lowest BCUT2D eigenvalue weighted by Crippen LogP contribution is -2.42. The number of amides is 2. The van der Waals surface area contributed by atoms with Crippen molar-refractivity contribution in [3.8, 4) is 0 Å². The van der Waals surface area contributed by atoms with Crippen molar-refractivity contribution in [3.63, 3.8) is 0 Å². The Morgan fingerprint density at radius 2 is 1.89 bits per heavy atom. The molecule has 0 radical (unpaired) electrons. The molecule has 0 bridgehead atoms. The lowest BCUT2D eigenvalue weighted by atomic mass is 10.0. The molecule has 1 heterocycles. The van der Waals surface area contributed by atoms with E-state index in [1.165, 1.54) is 6.42 Å². The second-order valence-corrected chi connectivity index (χ2v) is 8.20. The van der Waals surface area contributed by atoms with Crippen LogP contribution in [0, 0.1) is 6.92 Å². The monoisotopic (exact) mass is 443 g/mol. The number of nitrogens with zero attached hydrogens (tertiary/aromatic N) is 1. The molecule has 0 saturated carbocycles. The van der Waals surface area contributed by atoms with Crippen molar-refractivity contribution in [2.75, 3.05) is 23.7 Å². The first kappa shape index (κ1) is 20.4. The van der Waals surface area contributed by atoms with Gasteiger partial charge in [-0.2, -0.15) is 0 Å². The predicted molar refractivity (Wildman–Crippen MR) is 117 cm³/mol. The SMILES string of the molecule is Cc1cc(C(=O)N2CCCCC2C)ccc1NCC(=O)Nc1ccc(Br)cc1. The fourth-order valence-corrected chi connectivity index (χ4v) is 3.74. The van der Waals surface area contributed by atoms with Crippen LogP contribution in [0.3, 0.4) is 0 Å². The first-order chi connectivity index (χ1) is 13.4. The van der Waals surface area contributed by atoms with Crippen LogP contribution in [0.2, 0.25) is 0 Å². The Labute approximate surface area is 174 Å². The Kier molecular flexibility index (Phi) is 6.73. The normalized spacial score (nSPS) is 16.5. The Hall–Kier alpha value is -2.34. The number of hydrogen-bond donors (Lipinski definition) is 2. The maximum atomic E-state index is 12.8. The zero-order chi connectivity index (χ0) is 20.1. The topological polar surface area (TPSA) is 61.4 Å². The van der Waals surface area contributed by atoms with Crippen molar-refractivity contribution in [2.24, 2.45) is 0 Å². The number of aryl methyl sites for hydroxylation is 1. The van der Waals surface area contributed by atoms with Gasteiger partial charge < -0.3 is 15.5 Å². The fraction of sp³-hybridized carbons (Fsp3) is 0.364. The molecule has 1 aliphatic rings. The third-order valence-electron chi connectivity index (χ3n) is 5.10. The molecule has 3 rings (SSSR count). The summed E-state index contributed by atoms with van der Waals surface area (Å²) in [4.78, 5) is 26.9. The summed E-state index contributed by atoms with van der Waals surface area (Å²) >= 11 is 3.37. The van der Waals surface area contributed by atoms with Crippen molar-refractivity contribution in [1.29, 1.82) is 0 Å². The van der Waals surface area contributed by atoms with Crippen LogP contribution in [0.15, 0.2) is 46.9 Å². The number of hydrogen-bond acceptors (Lipinski definition) is 3. The lowest BCUT2D eigenvalue weighted by molar-refractivity contribution is -0.114. The molecule has 1 atom stereocenters. The van der Waals surface area contributed by atoms with E-state index in [4.69, 9.17) is 0 Å². The quantitative estimate of drug-likeness (QED) is 0.695. The largest absolute Gasteiger partial charge is 0.376 e. The van der Waals surface area contributed by atoms with E-state index in [-0.39, 0.29) is 18.4 Å². The molecule has 0 spiro atoms. The first-order valence-corrected chi connectivity index (χ1v) is 10.4. The highest BCUT2D eigenvalue weighted by Gasteiger charge is 2.24. The van der Waals surface area contributed by atoms with Crippen LogP contribution < -0.4 is 10.6 Å². The second kappa shape index (κ2) is 9.24. The Bertz CT molecular complexity index is 851. The minimum atomic E-state index is -0.121. The van der Waals surface area contributed by atoms with Gasteiger partial charge in [0.15, 0.2) is 0 Å². The molecule has 1 aliphatic heterocycles. The van der Waals surface area contributed by atoms with E-state index < -0.39 is 0 Å². The van der Waals surface area contributed by atoms with Crippen molar-refractivity contribution < 1.29 is 9.59 Å². The van der Waals surface area contributed by atoms with Gasteiger partial charge in [-0.25, -0.2) is 0 Å². The minimum Gasteiger partial charge on any atom is -0.376 e. The maximum absolute atomic E-state index is 12.8. The highest BCUT2D eigenvalue weighted by atomic mass is 79.9. The number of benzene rings is 2. The molecular formula is C22H26BrN3O2. The van der Waals surface area contributed by atoms with E-state index in [1.54, 1.807) is 0 Å². The number of rotatable bonds is 5. The minimum absolute atomic E-state index is 0.0924. The standard InChI is InChI=1S/C22H26BrN3O2/c1-15-13-17(22(28)26-12-4-3-5-16(26)2)6-11-20(15)24-14-21(27)25-19-9-7-18(23)8-10-19/h6-11,13,16,24H,3-5,12,14H2,1-2H3,(H,25,27). The zero-order valence-corrected chi connectivity index (χ0v) is 17.9. The molecule has 2 N–H and O–H groups in total. The third kappa shape index (κ3) is 5.13. The van der Waals surface area contributed by atoms with E-state index in [1.807, 2.05) is 54.3 Å². The Morgan fingerprint density at radius 3 is 2.57 bits per heavy atom. The van der Waals surface area contributed by atoms with Gasteiger partial charge in [0.2, 0.25) is 5.91 Å². The van der Waals surface area contributed by atoms with Crippen molar-refractivity contribution in [1.82, 2.24) is 4.90 Å². The zero-order valence-electron chi connectivity index (χ0n) is 16.3. The van der Waals surface area contributed by atoms with Crippen LogP contribution in [0.5, 0.6) is 0 Å². The van der Waals surface area contributed by atoms with E-state index in [0.29, 0.717) is 11.6 Å². The van der Waals surface area contributed by atoms with Crippen molar-refractivity contribution in [2.45, 2.75) is 39.2 Å². The maximum Gasteiger partial charge on any atom is 0.254 e. The van der Waals surface area contributed by atoms with E-state index in [2.05, 4.69) is 33.5 Å². The van der Waals surface area contributed by atoms with Crippen LogP contribution in [-0.2, 0) is 4.79 Å². The number of likely N-dealkylation sites (tertiary alicyclic amines) is 1. The summed E-state index contributed by atoms with van der Waals surface area (Å²) in [6.07, 6.45) is 3.33. The van der Waals surface area contributed by atoms with Gasteiger partial charge in [0, 0.05) is 34.0 Å². The summed E-state index contributed by atoms with van der Waals surface area (Å²) in [5.41, 5.74) is 3.26. The summed E-state index contributed by atoms with van der Waals surface area (Å²) in [7, 11) is 0. The molecule has 148 valence electrons.